The molecule has 354 valence electrons. The maximum Gasteiger partial charge on any atom is 0.339 e. The molecule has 67 heavy (non-hydrogen) atoms. The number of nitrogens with zero attached hydrogens (tertiary/aromatic N) is 4. The molecule has 2 N–H and O–H groups in total. The molecule has 9 rings (SSSR count). The van der Waals surface area contributed by atoms with Crippen LogP contribution in [0.5, 0.6) is 11.5 Å². The number of carbonyl (C=O) groups is 2. The van der Waals surface area contributed by atoms with E-state index in [1.807, 2.05) is 6.07 Å². The molecule has 0 unspecified atom stereocenters. The van der Waals surface area contributed by atoms with Gasteiger partial charge in [-0.05, 0) is 130 Å². The predicted molar refractivity (Wildman–Crippen MR) is 266 cm³/mol. The molecule has 2 aliphatic heterocycles. The lowest BCUT2D eigenvalue weighted by molar-refractivity contribution is 0.0680. The first-order valence-corrected chi connectivity index (χ1v) is 24.6. The monoisotopic (exact) mass is 909 g/mol. The minimum absolute atomic E-state index is 0.211. The van der Waals surface area contributed by atoms with Crippen molar-refractivity contribution in [1.29, 1.82) is 0 Å². The minimum Gasteiger partial charge on any atom is -0.491 e. The molecule has 0 atom stereocenters. The molecule has 3 fully saturated rings. The predicted octanol–water partition coefficient (Wildman–Crippen LogP) is 11.0. The van der Waals surface area contributed by atoms with Crippen LogP contribution in [0.3, 0.4) is 0 Å². The molecular weight excluding hydrogens is 841 g/mol. The fourth-order valence-electron chi connectivity index (χ4n) is 10.6. The quantitative estimate of drug-likeness (QED) is 0.0605. The Hall–Kier alpha value is -5.88. The summed E-state index contributed by atoms with van der Waals surface area (Å²) < 4.78 is 22.1. The van der Waals surface area contributed by atoms with Crippen LogP contribution in [0.4, 0.5) is 0 Å². The van der Waals surface area contributed by atoms with Crippen molar-refractivity contribution in [2.75, 3.05) is 65.7 Å². The number of fused-ring (bicyclic) bond motifs is 2. The number of aromatic carboxylic acids is 2. The van der Waals surface area contributed by atoms with Crippen LogP contribution in [0, 0.1) is 5.92 Å². The Labute approximate surface area is 395 Å². The van der Waals surface area contributed by atoms with Gasteiger partial charge in [-0.25, -0.2) is 9.59 Å². The van der Waals surface area contributed by atoms with Gasteiger partial charge in [-0.2, -0.15) is 0 Å². The molecule has 4 aromatic carbocycles. The normalized spacial score (nSPS) is 16.7. The number of hydrogen-bond acceptors (Lipinski definition) is 7. The first-order valence-electron chi connectivity index (χ1n) is 24.6. The zero-order valence-corrected chi connectivity index (χ0v) is 39.0. The number of likely N-dealkylation sites (tertiary alicyclic amines) is 2. The summed E-state index contributed by atoms with van der Waals surface area (Å²) in [6.07, 6.45) is 18.0. The highest BCUT2D eigenvalue weighted by atomic mass is 16.5. The summed E-state index contributed by atoms with van der Waals surface area (Å²) in [5, 5.41) is 21.4. The SMILES string of the molecule is C=CCOCCn1cc(C2CCN(CCOc3ccccc3C(=O)O)CC2)c2ccccc21.O=C(O)c1ccccc1OCCN1CCC(c2cn(CC3CCCCC3)c3ccccc23)CC1. The van der Waals surface area contributed by atoms with Crippen molar-refractivity contribution in [1.82, 2.24) is 18.9 Å². The summed E-state index contributed by atoms with van der Waals surface area (Å²) >= 11 is 0. The molecule has 0 radical (unpaired) electrons. The Morgan fingerprint density at radius 3 is 1.54 bits per heavy atom. The van der Waals surface area contributed by atoms with Crippen LogP contribution in [0.15, 0.2) is 122 Å². The second-order valence-corrected chi connectivity index (χ2v) is 18.4. The summed E-state index contributed by atoms with van der Waals surface area (Å²) in [7, 11) is 0. The van der Waals surface area contributed by atoms with E-state index < -0.39 is 11.9 Å². The van der Waals surface area contributed by atoms with Gasteiger partial charge in [-0.3, -0.25) is 9.80 Å². The number of aromatic nitrogens is 2. The molecular formula is C56H68N4O7. The molecule has 1 saturated carbocycles. The average Bonchev–Trinajstić information content (AvgIpc) is 3.92. The van der Waals surface area contributed by atoms with Crippen molar-refractivity contribution in [2.45, 2.75) is 82.7 Å². The highest BCUT2D eigenvalue weighted by molar-refractivity contribution is 5.91. The Morgan fingerprint density at radius 1 is 0.567 bits per heavy atom. The molecule has 6 aromatic rings. The van der Waals surface area contributed by atoms with Gasteiger partial charge in [0.05, 0.1) is 13.2 Å². The maximum atomic E-state index is 11.4. The number of ether oxygens (including phenoxy) is 3. The van der Waals surface area contributed by atoms with E-state index in [1.54, 1.807) is 48.5 Å². The fraction of sp³-hybridized carbons (Fsp3) is 0.429. The number of benzene rings is 4. The largest absolute Gasteiger partial charge is 0.491 e. The van der Waals surface area contributed by atoms with Crippen LogP contribution in [0.2, 0.25) is 0 Å². The summed E-state index contributed by atoms with van der Waals surface area (Å²) in [5.74, 6) is 0.945. The Bertz CT molecular complexity index is 2540. The Morgan fingerprint density at radius 2 is 1.03 bits per heavy atom. The first kappa shape index (κ1) is 47.6. The second-order valence-electron chi connectivity index (χ2n) is 18.4. The number of piperidine rings is 2. The number of carboxylic acid groups (broad SMARTS) is 2. The third-order valence-electron chi connectivity index (χ3n) is 14.2. The van der Waals surface area contributed by atoms with E-state index in [9.17, 15) is 19.8 Å². The highest BCUT2D eigenvalue weighted by Gasteiger charge is 2.26. The van der Waals surface area contributed by atoms with Gasteiger partial charge >= 0.3 is 11.9 Å². The van der Waals surface area contributed by atoms with Crippen LogP contribution in [0.25, 0.3) is 21.8 Å². The topological polar surface area (TPSA) is 119 Å². The van der Waals surface area contributed by atoms with Crippen LogP contribution in [-0.4, -0.2) is 107 Å². The van der Waals surface area contributed by atoms with Crippen LogP contribution in [0.1, 0.15) is 101 Å². The molecule has 0 amide bonds. The van der Waals surface area contributed by atoms with Crippen molar-refractivity contribution < 1.29 is 34.0 Å². The first-order chi connectivity index (χ1) is 32.9. The third kappa shape index (κ3) is 12.4. The van der Waals surface area contributed by atoms with Gasteiger partial charge in [-0.1, -0.05) is 86.0 Å². The Balaban J connectivity index is 0.000000182. The molecule has 2 saturated heterocycles. The Kier molecular flexibility index (Phi) is 16.9. The van der Waals surface area contributed by atoms with Crippen LogP contribution in [-0.2, 0) is 17.8 Å². The van der Waals surface area contributed by atoms with Gasteiger partial charge in [0, 0.05) is 60.4 Å². The van der Waals surface area contributed by atoms with Gasteiger partial charge < -0.3 is 33.6 Å². The van der Waals surface area contributed by atoms with E-state index in [-0.39, 0.29) is 11.1 Å². The number of rotatable bonds is 19. The fourth-order valence-corrected chi connectivity index (χ4v) is 10.6. The van der Waals surface area contributed by atoms with Crippen molar-refractivity contribution in [3.63, 3.8) is 0 Å². The van der Waals surface area contributed by atoms with Crippen molar-refractivity contribution in [2.24, 2.45) is 5.92 Å². The lowest BCUT2D eigenvalue weighted by Crippen LogP contribution is -2.35. The van der Waals surface area contributed by atoms with Gasteiger partial charge in [0.25, 0.3) is 0 Å². The van der Waals surface area contributed by atoms with Gasteiger partial charge in [-0.15, -0.1) is 6.58 Å². The number of carboxylic acids is 2. The zero-order valence-electron chi connectivity index (χ0n) is 39.0. The number of hydrogen-bond donors (Lipinski definition) is 2. The van der Waals surface area contributed by atoms with Crippen LogP contribution < -0.4 is 9.47 Å². The van der Waals surface area contributed by atoms with E-state index in [2.05, 4.69) is 86.4 Å². The smallest absolute Gasteiger partial charge is 0.339 e. The second kappa shape index (κ2) is 23.7. The van der Waals surface area contributed by atoms with Gasteiger partial charge in [0.1, 0.15) is 35.8 Å². The van der Waals surface area contributed by atoms with Gasteiger partial charge in [0.15, 0.2) is 0 Å². The van der Waals surface area contributed by atoms with Crippen molar-refractivity contribution in [3.05, 3.63) is 144 Å². The maximum absolute atomic E-state index is 11.4. The van der Waals surface area contributed by atoms with E-state index in [0.29, 0.717) is 49.8 Å². The zero-order chi connectivity index (χ0) is 46.4. The minimum atomic E-state index is -0.960. The van der Waals surface area contributed by atoms with E-state index in [4.69, 9.17) is 14.2 Å². The molecule has 1 aliphatic carbocycles. The van der Waals surface area contributed by atoms with Gasteiger partial charge in [0.2, 0.25) is 0 Å². The molecule has 0 bridgehead atoms. The van der Waals surface area contributed by atoms with E-state index >= 15 is 0 Å². The molecule has 11 heteroatoms. The number of para-hydroxylation sites is 4. The standard InChI is InChI=1S/C29H36N2O3.C27H32N2O4/c32-29(33)25-11-5-7-13-28(25)34-19-18-30-16-14-23(15-17-30)26-21-31(20-22-8-2-1-3-9-22)27-12-6-4-10-24(26)27;1-2-17-32-18-16-29-20-24(22-7-3-5-9-25(22)29)21-11-13-28(14-12-21)15-19-33-26-10-6-4-8-23(26)27(30)31/h4-7,10-13,21-23H,1-3,8-9,14-20H2,(H,32,33);2-10,20-21H,1,11-19H2,(H,30,31). The van der Waals surface area contributed by atoms with E-state index in [0.717, 1.165) is 84.0 Å². The third-order valence-corrected chi connectivity index (χ3v) is 14.2. The summed E-state index contributed by atoms with van der Waals surface area (Å²) in [6, 6.07) is 31.3. The van der Waals surface area contributed by atoms with Crippen LogP contribution >= 0.6 is 0 Å². The summed E-state index contributed by atoms with van der Waals surface area (Å²) in [5.41, 5.74) is 6.06. The molecule has 2 aromatic heterocycles. The summed E-state index contributed by atoms with van der Waals surface area (Å²) in [6.45, 7) is 13.7. The average molecular weight is 909 g/mol. The lowest BCUT2D eigenvalue weighted by Gasteiger charge is -2.31. The molecule has 11 nitrogen and oxygen atoms in total. The van der Waals surface area contributed by atoms with Crippen molar-refractivity contribution in [3.8, 4) is 11.5 Å². The van der Waals surface area contributed by atoms with Crippen molar-refractivity contribution >= 4 is 33.7 Å². The van der Waals surface area contributed by atoms with E-state index in [1.165, 1.54) is 65.0 Å². The highest BCUT2D eigenvalue weighted by Crippen LogP contribution is 2.37. The molecule has 3 aliphatic rings. The molecule has 4 heterocycles. The lowest BCUT2D eigenvalue weighted by atomic mass is 9.89. The summed E-state index contributed by atoms with van der Waals surface area (Å²) in [4.78, 5) is 27.6. The molecule has 0 spiro atoms.